The molecule has 0 aliphatic carbocycles. The highest BCUT2D eigenvalue weighted by atomic mass is 35.5. The molecule has 0 spiro atoms. The van der Waals surface area contributed by atoms with Gasteiger partial charge in [0.05, 0.1) is 36.6 Å². The number of methoxy groups -OCH3 is 2. The fraction of sp³-hybridized carbons (Fsp3) is 0.200. The van der Waals surface area contributed by atoms with Crippen molar-refractivity contribution in [3.63, 3.8) is 0 Å². The molecule has 1 aromatic heterocycles. The number of hydrogen-bond acceptors (Lipinski definition) is 8. The highest BCUT2D eigenvalue weighted by Crippen LogP contribution is 2.48. The van der Waals surface area contributed by atoms with Gasteiger partial charge in [-0.1, -0.05) is 23.2 Å². The van der Waals surface area contributed by atoms with Crippen molar-refractivity contribution in [1.29, 1.82) is 0 Å². The molecule has 1 atom stereocenters. The number of benzene rings is 2. The third-order valence-electron chi connectivity index (χ3n) is 5.86. The van der Waals surface area contributed by atoms with Crippen LogP contribution >= 0.6 is 23.2 Å². The van der Waals surface area contributed by atoms with Gasteiger partial charge < -0.3 is 28.5 Å². The second-order valence-corrected chi connectivity index (χ2v) is 8.58. The maximum absolute atomic E-state index is 13.4. The molecule has 1 N–H and O–H groups in total. The Morgan fingerprint density at radius 2 is 1.75 bits per heavy atom. The zero-order valence-corrected chi connectivity index (χ0v) is 20.6. The van der Waals surface area contributed by atoms with Crippen LogP contribution in [-0.4, -0.2) is 44.2 Å². The number of anilines is 1. The van der Waals surface area contributed by atoms with Crippen LogP contribution in [0, 0.1) is 0 Å². The molecule has 1 amide bonds. The maximum Gasteiger partial charge on any atom is 0.300 e. The third-order valence-corrected chi connectivity index (χ3v) is 6.48. The molecule has 1 unspecified atom stereocenters. The van der Waals surface area contributed by atoms with Crippen LogP contribution in [0.5, 0.6) is 23.0 Å². The molecule has 36 heavy (non-hydrogen) atoms. The lowest BCUT2D eigenvalue weighted by Gasteiger charge is -2.25. The van der Waals surface area contributed by atoms with Gasteiger partial charge in [-0.2, -0.15) is 0 Å². The fourth-order valence-corrected chi connectivity index (χ4v) is 4.98. The lowest BCUT2D eigenvalue weighted by atomic mass is 9.98. The number of aliphatic hydroxyl groups is 1. The van der Waals surface area contributed by atoms with E-state index in [9.17, 15) is 14.7 Å². The average molecular weight is 532 g/mol. The first kappa shape index (κ1) is 23.9. The van der Waals surface area contributed by atoms with Crippen LogP contribution in [0.3, 0.4) is 0 Å². The summed E-state index contributed by atoms with van der Waals surface area (Å²) < 4.78 is 27.4. The third kappa shape index (κ3) is 3.71. The van der Waals surface area contributed by atoms with E-state index in [0.29, 0.717) is 30.4 Å². The van der Waals surface area contributed by atoms with E-state index in [4.69, 9.17) is 46.6 Å². The number of hydrogen-bond donors (Lipinski definition) is 1. The molecule has 2 aliphatic rings. The Labute approximate surface area is 215 Å². The van der Waals surface area contributed by atoms with Gasteiger partial charge in [-0.05, 0) is 30.3 Å². The monoisotopic (exact) mass is 531 g/mol. The minimum absolute atomic E-state index is 0.00466. The number of fused-ring (bicyclic) bond motifs is 1. The molecule has 3 heterocycles. The van der Waals surface area contributed by atoms with Gasteiger partial charge in [-0.15, -0.1) is 0 Å². The van der Waals surface area contributed by atoms with Gasteiger partial charge in [0.1, 0.15) is 35.8 Å². The van der Waals surface area contributed by atoms with Gasteiger partial charge in [0.25, 0.3) is 11.7 Å². The molecule has 1 saturated heterocycles. The number of rotatable bonds is 5. The van der Waals surface area contributed by atoms with Crippen LogP contribution in [0.4, 0.5) is 5.69 Å². The van der Waals surface area contributed by atoms with E-state index in [1.807, 2.05) is 0 Å². The number of nitrogens with zero attached hydrogens (tertiary/aromatic N) is 1. The van der Waals surface area contributed by atoms with E-state index in [-0.39, 0.29) is 38.4 Å². The Balaban J connectivity index is 1.72. The quantitative estimate of drug-likeness (QED) is 0.278. The standard InChI is InChI=1S/C25H19Cl2NO8/c1-32-23-13(11-14(26)24(33-2)19(23)27)21(29)18-20(16-4-3-7-34-16)28(25(31)22(18)30)12-5-6-15-17(10-12)36-9-8-35-15/h3-7,10-11,20,29H,8-9H2,1-2H3/b21-18-. The van der Waals surface area contributed by atoms with Crippen molar-refractivity contribution in [3.8, 4) is 23.0 Å². The minimum atomic E-state index is -1.10. The van der Waals surface area contributed by atoms with Crippen LogP contribution < -0.4 is 23.8 Å². The number of furan rings is 1. The van der Waals surface area contributed by atoms with E-state index in [2.05, 4.69) is 0 Å². The van der Waals surface area contributed by atoms with Crippen molar-refractivity contribution < 1.29 is 38.1 Å². The smallest absolute Gasteiger partial charge is 0.300 e. The summed E-state index contributed by atoms with van der Waals surface area (Å²) in [6, 6.07) is 8.31. The minimum Gasteiger partial charge on any atom is -0.507 e. The zero-order chi connectivity index (χ0) is 25.6. The van der Waals surface area contributed by atoms with Gasteiger partial charge in [0.2, 0.25) is 0 Å². The van der Waals surface area contributed by atoms with Crippen LogP contribution in [0.15, 0.2) is 52.7 Å². The summed E-state index contributed by atoms with van der Waals surface area (Å²) in [4.78, 5) is 27.9. The maximum atomic E-state index is 13.4. The molecule has 9 nitrogen and oxygen atoms in total. The van der Waals surface area contributed by atoms with Gasteiger partial charge >= 0.3 is 0 Å². The zero-order valence-electron chi connectivity index (χ0n) is 19.0. The number of amides is 1. The number of carbonyl (C=O) groups excluding carboxylic acids is 2. The van der Waals surface area contributed by atoms with Gasteiger partial charge in [0, 0.05) is 11.8 Å². The summed E-state index contributed by atoms with van der Waals surface area (Å²) in [6.07, 6.45) is 1.40. The second-order valence-electron chi connectivity index (χ2n) is 7.80. The van der Waals surface area contributed by atoms with Crippen molar-refractivity contribution in [2.75, 3.05) is 32.3 Å². The molecular weight excluding hydrogens is 513 g/mol. The molecule has 2 aromatic carbocycles. The first-order chi connectivity index (χ1) is 17.4. The summed E-state index contributed by atoms with van der Waals surface area (Å²) >= 11 is 12.7. The largest absolute Gasteiger partial charge is 0.507 e. The van der Waals surface area contributed by atoms with Gasteiger partial charge in [0.15, 0.2) is 23.0 Å². The lowest BCUT2D eigenvalue weighted by molar-refractivity contribution is -0.132. The summed E-state index contributed by atoms with van der Waals surface area (Å²) in [5, 5.41) is 11.5. The van der Waals surface area contributed by atoms with E-state index in [1.165, 1.54) is 31.4 Å². The number of carbonyl (C=O) groups is 2. The first-order valence-corrected chi connectivity index (χ1v) is 11.5. The summed E-state index contributed by atoms with van der Waals surface area (Å²) in [5.41, 5.74) is 0.116. The van der Waals surface area contributed by atoms with Crippen molar-refractivity contribution in [1.82, 2.24) is 0 Å². The lowest BCUT2D eigenvalue weighted by Crippen LogP contribution is -2.29. The highest BCUT2D eigenvalue weighted by Gasteiger charge is 2.49. The van der Waals surface area contributed by atoms with Gasteiger partial charge in [-0.25, -0.2) is 0 Å². The Morgan fingerprint density at radius 3 is 2.42 bits per heavy atom. The molecule has 1 fully saturated rings. The highest BCUT2D eigenvalue weighted by molar-refractivity contribution is 6.52. The normalized spacial score (nSPS) is 18.4. The summed E-state index contributed by atoms with van der Waals surface area (Å²) in [5.74, 6) is -1.02. The number of ether oxygens (including phenoxy) is 4. The van der Waals surface area contributed by atoms with Gasteiger partial charge in [-0.3, -0.25) is 14.5 Å². The van der Waals surface area contributed by atoms with E-state index in [1.54, 1.807) is 30.3 Å². The Kier molecular flexibility index (Phi) is 6.19. The van der Waals surface area contributed by atoms with Crippen molar-refractivity contribution in [2.24, 2.45) is 0 Å². The number of aliphatic hydroxyl groups excluding tert-OH is 1. The second kappa shape index (κ2) is 9.33. The number of halogens is 2. The molecule has 0 bridgehead atoms. The van der Waals surface area contributed by atoms with Crippen LogP contribution in [0.1, 0.15) is 17.4 Å². The molecule has 3 aromatic rings. The molecule has 11 heteroatoms. The number of ketones is 1. The van der Waals surface area contributed by atoms with E-state index < -0.39 is 23.5 Å². The van der Waals surface area contributed by atoms with Crippen molar-refractivity contribution >= 4 is 46.3 Å². The van der Waals surface area contributed by atoms with E-state index in [0.717, 1.165) is 0 Å². The molecular formula is C25H19Cl2NO8. The predicted molar refractivity (Wildman–Crippen MR) is 130 cm³/mol. The van der Waals surface area contributed by atoms with Crippen LogP contribution in [-0.2, 0) is 9.59 Å². The molecule has 186 valence electrons. The Morgan fingerprint density at radius 1 is 1.03 bits per heavy atom. The fourth-order valence-electron chi connectivity index (χ4n) is 4.29. The van der Waals surface area contributed by atoms with Crippen molar-refractivity contribution in [3.05, 3.63) is 69.6 Å². The Hall–Kier alpha value is -3.82. The Bertz CT molecular complexity index is 1400. The predicted octanol–water partition coefficient (Wildman–Crippen LogP) is 5.00. The molecule has 5 rings (SSSR count). The van der Waals surface area contributed by atoms with Crippen LogP contribution in [0.25, 0.3) is 5.76 Å². The SMILES string of the molecule is COc1c(Cl)cc(/C(O)=C2/C(=O)C(=O)N(c3ccc4c(c3)OCCO4)C2c2ccco2)c(OC)c1Cl. The topological polar surface area (TPSA) is 108 Å². The number of Topliss-reactive ketones (excluding diaryl/α,β-unsaturated/α-hetero) is 1. The summed E-state index contributed by atoms with van der Waals surface area (Å²) in [6.45, 7) is 0.744. The van der Waals surface area contributed by atoms with E-state index >= 15 is 0 Å². The molecule has 0 saturated carbocycles. The molecule has 0 radical (unpaired) electrons. The molecule has 2 aliphatic heterocycles. The van der Waals surface area contributed by atoms with Crippen LogP contribution in [0.2, 0.25) is 10.0 Å². The van der Waals surface area contributed by atoms with Crippen molar-refractivity contribution in [2.45, 2.75) is 6.04 Å². The summed E-state index contributed by atoms with van der Waals surface area (Å²) in [7, 11) is 2.71. The average Bonchev–Trinajstić information content (AvgIpc) is 3.50. The first-order valence-electron chi connectivity index (χ1n) is 10.7.